The zero-order valence-corrected chi connectivity index (χ0v) is 12.0. The van der Waals surface area contributed by atoms with Gasteiger partial charge >= 0.3 is 0 Å². The highest BCUT2D eigenvalue weighted by Crippen LogP contribution is 2.25. The number of hydrogen-bond acceptors (Lipinski definition) is 4. The van der Waals surface area contributed by atoms with Gasteiger partial charge in [-0.15, -0.1) is 0 Å². The molecule has 2 N–H and O–H groups in total. The van der Waals surface area contributed by atoms with Crippen molar-refractivity contribution in [3.63, 3.8) is 0 Å². The molecule has 0 saturated carbocycles. The summed E-state index contributed by atoms with van der Waals surface area (Å²) in [6.07, 6.45) is 2.23. The van der Waals surface area contributed by atoms with Crippen LogP contribution in [-0.2, 0) is 22.7 Å². The SMILES string of the molecule is CCNCC(O)CS(=O)(=O)c1ccc2c(c1)CCC2. The Morgan fingerprint density at radius 1 is 1.32 bits per heavy atom. The van der Waals surface area contributed by atoms with Gasteiger partial charge in [0, 0.05) is 6.54 Å². The Kier molecular flexibility index (Phi) is 4.60. The van der Waals surface area contributed by atoms with E-state index in [9.17, 15) is 13.5 Å². The maximum atomic E-state index is 12.2. The molecule has 5 heteroatoms. The van der Waals surface area contributed by atoms with Crippen LogP contribution in [0.5, 0.6) is 0 Å². The Labute approximate surface area is 114 Å². The molecule has 4 nitrogen and oxygen atoms in total. The number of fused-ring (bicyclic) bond motifs is 1. The van der Waals surface area contributed by atoms with Crippen LogP contribution >= 0.6 is 0 Å². The predicted octanol–water partition coefficient (Wildman–Crippen LogP) is 0.919. The van der Waals surface area contributed by atoms with Gasteiger partial charge in [-0.3, -0.25) is 0 Å². The number of hydrogen-bond donors (Lipinski definition) is 2. The molecule has 0 radical (unpaired) electrons. The second kappa shape index (κ2) is 6.03. The molecule has 0 aromatic heterocycles. The molecule has 1 aromatic carbocycles. The molecule has 19 heavy (non-hydrogen) atoms. The molecule has 0 amide bonds. The second-order valence-corrected chi connectivity index (χ2v) is 7.06. The van der Waals surface area contributed by atoms with E-state index in [1.807, 2.05) is 13.0 Å². The van der Waals surface area contributed by atoms with Gasteiger partial charge in [-0.1, -0.05) is 13.0 Å². The molecule has 1 aliphatic rings. The molecule has 2 rings (SSSR count). The molecule has 1 unspecified atom stereocenters. The zero-order chi connectivity index (χ0) is 13.9. The van der Waals surface area contributed by atoms with E-state index < -0.39 is 15.9 Å². The van der Waals surface area contributed by atoms with Gasteiger partial charge in [0.2, 0.25) is 0 Å². The van der Waals surface area contributed by atoms with E-state index >= 15 is 0 Å². The Morgan fingerprint density at radius 2 is 2.05 bits per heavy atom. The van der Waals surface area contributed by atoms with E-state index in [0.29, 0.717) is 11.4 Å². The summed E-state index contributed by atoms with van der Waals surface area (Å²) in [7, 11) is -3.40. The maximum Gasteiger partial charge on any atom is 0.180 e. The smallest absolute Gasteiger partial charge is 0.180 e. The molecule has 1 atom stereocenters. The number of aliphatic hydroxyl groups excluding tert-OH is 1. The van der Waals surface area contributed by atoms with Gasteiger partial charge in [0.15, 0.2) is 9.84 Å². The van der Waals surface area contributed by atoms with Crippen molar-refractivity contribution in [2.24, 2.45) is 0 Å². The van der Waals surface area contributed by atoms with Crippen molar-refractivity contribution in [1.82, 2.24) is 5.32 Å². The van der Waals surface area contributed by atoms with Crippen LogP contribution in [-0.4, -0.2) is 38.5 Å². The standard InChI is InChI=1S/C14H21NO3S/c1-2-15-9-13(16)10-19(17,18)14-7-6-11-4-3-5-12(11)8-14/h6-8,13,15-16H,2-5,9-10H2,1H3. The van der Waals surface area contributed by atoms with Gasteiger partial charge in [0.1, 0.15) is 0 Å². The predicted molar refractivity (Wildman–Crippen MR) is 75.1 cm³/mol. The number of sulfone groups is 1. The molecule has 0 saturated heterocycles. The summed E-state index contributed by atoms with van der Waals surface area (Å²) in [6, 6.07) is 5.35. The minimum Gasteiger partial charge on any atom is -0.391 e. The Balaban J connectivity index is 2.11. The van der Waals surface area contributed by atoms with Crippen molar-refractivity contribution in [3.8, 4) is 0 Å². The van der Waals surface area contributed by atoms with Crippen molar-refractivity contribution < 1.29 is 13.5 Å². The Morgan fingerprint density at radius 3 is 2.79 bits per heavy atom. The van der Waals surface area contributed by atoms with Crippen molar-refractivity contribution in [2.45, 2.75) is 37.2 Å². The maximum absolute atomic E-state index is 12.2. The first-order valence-corrected chi connectivity index (χ1v) is 8.41. The van der Waals surface area contributed by atoms with Crippen LogP contribution in [0.15, 0.2) is 23.1 Å². The van der Waals surface area contributed by atoms with E-state index in [1.54, 1.807) is 12.1 Å². The molecular formula is C14H21NO3S. The lowest BCUT2D eigenvalue weighted by molar-refractivity contribution is 0.194. The van der Waals surface area contributed by atoms with Gasteiger partial charge in [-0.2, -0.15) is 0 Å². The summed E-state index contributed by atoms with van der Waals surface area (Å²) in [4.78, 5) is 0.337. The number of nitrogens with one attached hydrogen (secondary N) is 1. The van der Waals surface area contributed by atoms with Crippen LogP contribution in [0.3, 0.4) is 0 Å². The van der Waals surface area contributed by atoms with E-state index in [0.717, 1.165) is 31.4 Å². The van der Waals surface area contributed by atoms with Crippen molar-refractivity contribution in [3.05, 3.63) is 29.3 Å². The van der Waals surface area contributed by atoms with E-state index in [4.69, 9.17) is 0 Å². The quantitative estimate of drug-likeness (QED) is 0.815. The summed E-state index contributed by atoms with van der Waals surface area (Å²) >= 11 is 0. The van der Waals surface area contributed by atoms with Gasteiger partial charge in [0.25, 0.3) is 0 Å². The fourth-order valence-corrected chi connectivity index (χ4v) is 3.88. The normalized spacial score (nSPS) is 16.3. The van der Waals surface area contributed by atoms with Gasteiger partial charge < -0.3 is 10.4 Å². The largest absolute Gasteiger partial charge is 0.391 e. The number of likely N-dealkylation sites (N-methyl/N-ethyl adjacent to an activating group) is 1. The highest BCUT2D eigenvalue weighted by Gasteiger charge is 2.21. The highest BCUT2D eigenvalue weighted by molar-refractivity contribution is 7.91. The number of aryl methyl sites for hydroxylation is 2. The molecule has 106 valence electrons. The first kappa shape index (κ1) is 14.5. The first-order valence-electron chi connectivity index (χ1n) is 6.76. The minimum atomic E-state index is -3.40. The van der Waals surface area contributed by atoms with E-state index in [-0.39, 0.29) is 5.75 Å². The number of benzene rings is 1. The van der Waals surface area contributed by atoms with Crippen LogP contribution in [0.1, 0.15) is 24.5 Å². The van der Waals surface area contributed by atoms with Crippen molar-refractivity contribution in [1.29, 1.82) is 0 Å². The second-order valence-electron chi connectivity index (χ2n) is 5.03. The van der Waals surface area contributed by atoms with Crippen LogP contribution in [0, 0.1) is 0 Å². The van der Waals surface area contributed by atoms with Crippen molar-refractivity contribution >= 4 is 9.84 Å². The molecule has 1 aromatic rings. The summed E-state index contributed by atoms with van der Waals surface area (Å²) in [5.74, 6) is -0.223. The van der Waals surface area contributed by atoms with Crippen LogP contribution in [0.2, 0.25) is 0 Å². The van der Waals surface area contributed by atoms with Crippen molar-refractivity contribution in [2.75, 3.05) is 18.8 Å². The van der Waals surface area contributed by atoms with Gasteiger partial charge in [-0.05, 0) is 49.1 Å². The number of aliphatic hydroxyl groups is 1. The lowest BCUT2D eigenvalue weighted by Gasteiger charge is -2.12. The van der Waals surface area contributed by atoms with E-state index in [1.165, 1.54) is 5.56 Å². The van der Waals surface area contributed by atoms with Gasteiger partial charge in [-0.25, -0.2) is 8.42 Å². The van der Waals surface area contributed by atoms with Crippen LogP contribution < -0.4 is 5.32 Å². The Hall–Kier alpha value is -0.910. The summed E-state index contributed by atoms with van der Waals surface area (Å²) < 4.78 is 24.4. The Bertz CT molecular complexity index is 540. The third kappa shape index (κ3) is 3.55. The van der Waals surface area contributed by atoms with Gasteiger partial charge in [0.05, 0.1) is 16.8 Å². The fourth-order valence-electron chi connectivity index (χ4n) is 2.46. The molecule has 0 fully saturated rings. The lowest BCUT2D eigenvalue weighted by Crippen LogP contribution is -2.32. The zero-order valence-electron chi connectivity index (χ0n) is 11.2. The minimum absolute atomic E-state index is 0.223. The highest BCUT2D eigenvalue weighted by atomic mass is 32.2. The molecule has 0 spiro atoms. The summed E-state index contributed by atoms with van der Waals surface area (Å²) in [5, 5.41) is 12.7. The third-order valence-electron chi connectivity index (χ3n) is 3.47. The monoisotopic (exact) mass is 283 g/mol. The topological polar surface area (TPSA) is 66.4 Å². The van der Waals surface area contributed by atoms with Crippen LogP contribution in [0.4, 0.5) is 0 Å². The van der Waals surface area contributed by atoms with Crippen LogP contribution in [0.25, 0.3) is 0 Å². The molecule has 1 aliphatic carbocycles. The first-order chi connectivity index (χ1) is 9.03. The van der Waals surface area contributed by atoms with E-state index in [2.05, 4.69) is 5.32 Å². The number of rotatable bonds is 6. The lowest BCUT2D eigenvalue weighted by atomic mass is 10.1. The average molecular weight is 283 g/mol. The third-order valence-corrected chi connectivity index (χ3v) is 5.27. The molecule has 0 bridgehead atoms. The average Bonchev–Trinajstić information content (AvgIpc) is 2.82. The molecule has 0 aliphatic heterocycles. The molecule has 0 heterocycles. The summed E-state index contributed by atoms with van der Waals surface area (Å²) in [5.41, 5.74) is 2.40. The summed E-state index contributed by atoms with van der Waals surface area (Å²) in [6.45, 7) is 2.94. The molecular weight excluding hydrogens is 262 g/mol. The fraction of sp³-hybridized carbons (Fsp3) is 0.571.